The van der Waals surface area contributed by atoms with E-state index < -0.39 is 0 Å². The molecule has 0 N–H and O–H groups in total. The van der Waals surface area contributed by atoms with Crippen LogP contribution in [0.3, 0.4) is 0 Å². The van der Waals surface area contributed by atoms with Crippen LogP contribution in [0.2, 0.25) is 0 Å². The standard InChI is InChI=1S/C19H22N2OS/c1-4-17(22)14-9-10-19-16(13-14)21(12-11-20(2)3)15-7-5-6-8-18(15)23-19/h5-10,13H,4,11-12H2,1-3H3. The second kappa shape index (κ2) is 6.77. The molecule has 0 spiro atoms. The van der Waals surface area contributed by atoms with Crippen molar-refractivity contribution in [3.05, 3.63) is 48.0 Å². The number of anilines is 2. The highest BCUT2D eigenvalue weighted by atomic mass is 32.2. The molecule has 0 radical (unpaired) electrons. The molecule has 2 aromatic carbocycles. The third kappa shape index (κ3) is 3.28. The molecule has 4 heteroatoms. The van der Waals surface area contributed by atoms with E-state index >= 15 is 0 Å². The van der Waals surface area contributed by atoms with Gasteiger partial charge in [-0.2, -0.15) is 0 Å². The van der Waals surface area contributed by atoms with Gasteiger partial charge in [-0.15, -0.1) is 0 Å². The lowest BCUT2D eigenvalue weighted by Gasteiger charge is -2.33. The third-order valence-corrected chi connectivity index (χ3v) is 5.17. The summed E-state index contributed by atoms with van der Waals surface area (Å²) in [5.74, 6) is 0.198. The smallest absolute Gasteiger partial charge is 0.162 e. The van der Waals surface area contributed by atoms with E-state index in [0.29, 0.717) is 6.42 Å². The molecule has 0 bridgehead atoms. The van der Waals surface area contributed by atoms with Crippen LogP contribution in [0.4, 0.5) is 11.4 Å². The Balaban J connectivity index is 2.04. The number of hydrogen-bond donors (Lipinski definition) is 0. The van der Waals surface area contributed by atoms with Gasteiger partial charge < -0.3 is 9.80 Å². The number of hydrogen-bond acceptors (Lipinski definition) is 4. The fourth-order valence-electron chi connectivity index (χ4n) is 2.75. The summed E-state index contributed by atoms with van der Waals surface area (Å²) in [6.45, 7) is 3.78. The first kappa shape index (κ1) is 16.1. The number of ketones is 1. The SMILES string of the molecule is CCC(=O)c1ccc2c(c1)N(CCN(C)C)c1ccccc1S2. The van der Waals surface area contributed by atoms with Crippen LogP contribution in [0.1, 0.15) is 23.7 Å². The zero-order valence-electron chi connectivity index (χ0n) is 13.9. The molecule has 0 fully saturated rings. The quantitative estimate of drug-likeness (QED) is 0.758. The lowest BCUT2D eigenvalue weighted by Crippen LogP contribution is -2.30. The molecule has 0 unspecified atom stereocenters. The molecule has 0 aliphatic carbocycles. The molecular weight excluding hydrogens is 304 g/mol. The van der Waals surface area contributed by atoms with Gasteiger partial charge in [0.2, 0.25) is 0 Å². The molecule has 2 aromatic rings. The molecule has 0 atom stereocenters. The second-order valence-electron chi connectivity index (χ2n) is 5.98. The van der Waals surface area contributed by atoms with E-state index in [1.807, 2.05) is 13.0 Å². The van der Waals surface area contributed by atoms with Crippen molar-refractivity contribution in [1.29, 1.82) is 0 Å². The fraction of sp³-hybridized carbons (Fsp3) is 0.316. The van der Waals surface area contributed by atoms with Gasteiger partial charge in [0.25, 0.3) is 0 Å². The number of para-hydroxylation sites is 1. The molecule has 1 aliphatic heterocycles. The minimum atomic E-state index is 0.198. The Morgan fingerprint density at radius 1 is 1.09 bits per heavy atom. The van der Waals surface area contributed by atoms with E-state index in [2.05, 4.69) is 60.3 Å². The van der Waals surface area contributed by atoms with Gasteiger partial charge in [0, 0.05) is 34.9 Å². The van der Waals surface area contributed by atoms with Crippen LogP contribution in [0, 0.1) is 0 Å². The molecule has 0 amide bonds. The molecule has 1 aliphatic rings. The van der Waals surface area contributed by atoms with Crippen molar-refractivity contribution in [1.82, 2.24) is 4.90 Å². The normalized spacial score (nSPS) is 13.0. The van der Waals surface area contributed by atoms with Gasteiger partial charge in [-0.3, -0.25) is 4.79 Å². The van der Waals surface area contributed by atoms with Crippen molar-refractivity contribution in [3.8, 4) is 0 Å². The maximum absolute atomic E-state index is 12.1. The highest BCUT2D eigenvalue weighted by Crippen LogP contribution is 2.48. The summed E-state index contributed by atoms with van der Waals surface area (Å²) in [5, 5.41) is 0. The Bertz CT molecular complexity index is 727. The summed E-state index contributed by atoms with van der Waals surface area (Å²) in [5.41, 5.74) is 3.18. The van der Waals surface area contributed by atoms with Crippen LogP contribution in [0.5, 0.6) is 0 Å². The Labute approximate surface area is 142 Å². The van der Waals surface area contributed by atoms with Crippen LogP contribution >= 0.6 is 11.8 Å². The molecule has 23 heavy (non-hydrogen) atoms. The van der Waals surface area contributed by atoms with E-state index in [0.717, 1.165) is 24.3 Å². The van der Waals surface area contributed by atoms with Crippen molar-refractivity contribution in [3.63, 3.8) is 0 Å². The number of Topliss-reactive ketones (excluding diaryl/α,β-unsaturated/α-hetero) is 1. The molecular formula is C19H22N2OS. The summed E-state index contributed by atoms with van der Waals surface area (Å²) >= 11 is 1.78. The first-order valence-electron chi connectivity index (χ1n) is 7.96. The molecule has 0 aromatic heterocycles. The Morgan fingerprint density at radius 2 is 1.83 bits per heavy atom. The maximum Gasteiger partial charge on any atom is 0.162 e. The van der Waals surface area contributed by atoms with Gasteiger partial charge in [-0.25, -0.2) is 0 Å². The average Bonchev–Trinajstić information content (AvgIpc) is 2.57. The van der Waals surface area contributed by atoms with Crippen molar-refractivity contribution >= 4 is 28.9 Å². The highest BCUT2D eigenvalue weighted by molar-refractivity contribution is 7.99. The van der Waals surface area contributed by atoms with Crippen LogP contribution in [0.25, 0.3) is 0 Å². The summed E-state index contributed by atoms with van der Waals surface area (Å²) in [6, 6.07) is 14.6. The summed E-state index contributed by atoms with van der Waals surface area (Å²) in [4.78, 5) is 19.1. The molecule has 0 saturated heterocycles. The topological polar surface area (TPSA) is 23.6 Å². The molecule has 0 saturated carbocycles. The van der Waals surface area contributed by atoms with Gasteiger partial charge in [0.1, 0.15) is 0 Å². The molecule has 120 valence electrons. The van der Waals surface area contributed by atoms with Crippen molar-refractivity contribution < 1.29 is 4.79 Å². The van der Waals surface area contributed by atoms with E-state index in [9.17, 15) is 4.79 Å². The number of carbonyl (C=O) groups excluding carboxylic acids is 1. The van der Waals surface area contributed by atoms with Crippen molar-refractivity contribution in [2.45, 2.75) is 23.1 Å². The number of nitrogens with zero attached hydrogens (tertiary/aromatic N) is 2. The van der Waals surface area contributed by atoms with E-state index in [4.69, 9.17) is 0 Å². The van der Waals surface area contributed by atoms with Gasteiger partial charge in [-0.1, -0.05) is 36.9 Å². The number of fused-ring (bicyclic) bond motifs is 2. The summed E-state index contributed by atoms with van der Waals surface area (Å²) in [6.07, 6.45) is 0.542. The molecule has 3 rings (SSSR count). The lowest BCUT2D eigenvalue weighted by molar-refractivity contribution is 0.0988. The number of benzene rings is 2. The summed E-state index contributed by atoms with van der Waals surface area (Å²) in [7, 11) is 4.17. The molecule has 3 nitrogen and oxygen atoms in total. The highest BCUT2D eigenvalue weighted by Gasteiger charge is 2.24. The average molecular weight is 326 g/mol. The summed E-state index contributed by atoms with van der Waals surface area (Å²) < 4.78 is 0. The van der Waals surface area contributed by atoms with E-state index in [-0.39, 0.29) is 5.78 Å². The fourth-order valence-corrected chi connectivity index (χ4v) is 3.82. The zero-order chi connectivity index (χ0) is 16.4. The number of rotatable bonds is 5. The van der Waals surface area contributed by atoms with Crippen molar-refractivity contribution in [2.75, 3.05) is 32.1 Å². The van der Waals surface area contributed by atoms with Crippen molar-refractivity contribution in [2.24, 2.45) is 0 Å². The first-order valence-corrected chi connectivity index (χ1v) is 8.78. The minimum absolute atomic E-state index is 0.198. The number of likely N-dealkylation sites (N-methyl/N-ethyl adjacent to an activating group) is 1. The lowest BCUT2D eigenvalue weighted by atomic mass is 10.1. The Kier molecular flexibility index (Phi) is 4.74. The largest absolute Gasteiger partial charge is 0.338 e. The predicted molar refractivity (Wildman–Crippen MR) is 97.2 cm³/mol. The zero-order valence-corrected chi connectivity index (χ0v) is 14.7. The third-order valence-electron chi connectivity index (χ3n) is 4.04. The minimum Gasteiger partial charge on any atom is -0.338 e. The van der Waals surface area contributed by atoms with Gasteiger partial charge in [0.05, 0.1) is 11.4 Å². The van der Waals surface area contributed by atoms with Gasteiger partial charge in [-0.05, 0) is 38.4 Å². The first-order chi connectivity index (χ1) is 11.1. The van der Waals surface area contributed by atoms with Gasteiger partial charge in [0.15, 0.2) is 5.78 Å². The second-order valence-corrected chi connectivity index (χ2v) is 7.07. The van der Waals surface area contributed by atoms with Gasteiger partial charge >= 0.3 is 0 Å². The Hall–Kier alpha value is -1.78. The predicted octanol–water partition coefficient (Wildman–Crippen LogP) is 4.44. The van der Waals surface area contributed by atoms with Crippen LogP contribution < -0.4 is 4.90 Å². The maximum atomic E-state index is 12.1. The molecule has 1 heterocycles. The Morgan fingerprint density at radius 3 is 2.57 bits per heavy atom. The van der Waals surface area contributed by atoms with Crippen LogP contribution in [0.15, 0.2) is 52.3 Å². The van der Waals surface area contributed by atoms with E-state index in [1.54, 1.807) is 11.8 Å². The van der Waals surface area contributed by atoms with Crippen LogP contribution in [-0.2, 0) is 0 Å². The monoisotopic (exact) mass is 326 g/mol. The van der Waals surface area contributed by atoms with E-state index in [1.165, 1.54) is 15.5 Å². The number of carbonyl (C=O) groups is 1. The van der Waals surface area contributed by atoms with Crippen LogP contribution in [-0.4, -0.2) is 37.9 Å².